The average molecular weight is 381 g/mol. The van der Waals surface area contributed by atoms with Crippen LogP contribution in [-0.4, -0.2) is 25.0 Å². The quantitative estimate of drug-likeness (QED) is 0.769. The van der Waals surface area contributed by atoms with Crippen molar-refractivity contribution in [2.75, 3.05) is 18.5 Å². The van der Waals surface area contributed by atoms with Gasteiger partial charge in [-0.1, -0.05) is 42.3 Å². The highest BCUT2D eigenvalue weighted by Gasteiger charge is 2.09. The first-order valence-corrected chi connectivity index (χ1v) is 8.47. The van der Waals surface area contributed by atoms with Crippen molar-refractivity contribution in [3.05, 3.63) is 58.1 Å². The fraction of sp³-hybridized carbons (Fsp3) is 0.222. The largest absolute Gasteiger partial charge is 0.484 e. The Labute approximate surface area is 156 Å². The number of amides is 2. The van der Waals surface area contributed by atoms with Crippen molar-refractivity contribution >= 4 is 40.7 Å². The third-order valence-electron chi connectivity index (χ3n) is 3.33. The molecule has 0 aliphatic carbocycles. The molecule has 0 spiro atoms. The van der Waals surface area contributed by atoms with Crippen LogP contribution < -0.4 is 15.4 Å². The van der Waals surface area contributed by atoms with Crippen LogP contribution in [0.2, 0.25) is 10.0 Å². The first-order chi connectivity index (χ1) is 12.0. The van der Waals surface area contributed by atoms with Crippen LogP contribution in [0.3, 0.4) is 0 Å². The summed E-state index contributed by atoms with van der Waals surface area (Å²) in [5.41, 5.74) is 1.51. The average Bonchev–Trinajstić information content (AvgIpc) is 2.61. The molecule has 0 radical (unpaired) electrons. The maximum atomic E-state index is 11.9. The summed E-state index contributed by atoms with van der Waals surface area (Å²) in [4.78, 5) is 23.7. The highest BCUT2D eigenvalue weighted by Crippen LogP contribution is 2.25. The molecule has 0 unspecified atom stereocenters. The van der Waals surface area contributed by atoms with Crippen molar-refractivity contribution in [3.8, 4) is 5.75 Å². The molecule has 2 aromatic rings. The van der Waals surface area contributed by atoms with Crippen LogP contribution in [0.4, 0.5) is 5.69 Å². The Morgan fingerprint density at radius 3 is 2.64 bits per heavy atom. The molecule has 0 aliphatic rings. The second-order valence-electron chi connectivity index (χ2n) is 5.24. The predicted molar refractivity (Wildman–Crippen MR) is 99.4 cm³/mol. The summed E-state index contributed by atoms with van der Waals surface area (Å²) in [5, 5.41) is 5.88. The van der Waals surface area contributed by atoms with E-state index in [9.17, 15) is 9.59 Å². The molecule has 0 saturated heterocycles. The van der Waals surface area contributed by atoms with Gasteiger partial charge in [0.15, 0.2) is 6.61 Å². The summed E-state index contributed by atoms with van der Waals surface area (Å²) in [6.45, 7) is 1.68. The van der Waals surface area contributed by atoms with E-state index in [-0.39, 0.29) is 13.2 Å². The lowest BCUT2D eigenvalue weighted by molar-refractivity contribution is -0.125. The Morgan fingerprint density at radius 1 is 1.08 bits per heavy atom. The number of benzene rings is 2. The number of ether oxygens (including phenoxy) is 1. The molecule has 2 amide bonds. The highest BCUT2D eigenvalue weighted by atomic mass is 35.5. The van der Waals surface area contributed by atoms with Crippen molar-refractivity contribution in [1.82, 2.24) is 5.32 Å². The van der Waals surface area contributed by atoms with Crippen LogP contribution in [0.15, 0.2) is 42.5 Å². The molecule has 0 aromatic heterocycles. The topological polar surface area (TPSA) is 67.4 Å². The number of carbonyl (C=O) groups excluding carboxylic acids is 2. The molecule has 2 rings (SSSR count). The van der Waals surface area contributed by atoms with E-state index in [1.165, 1.54) is 6.07 Å². The number of rotatable bonds is 7. The van der Waals surface area contributed by atoms with Gasteiger partial charge in [0.05, 0.1) is 17.3 Å². The van der Waals surface area contributed by atoms with Crippen molar-refractivity contribution in [1.29, 1.82) is 0 Å². The number of nitrogens with one attached hydrogen (secondary N) is 2. The van der Waals surface area contributed by atoms with Gasteiger partial charge in [-0.25, -0.2) is 0 Å². The van der Waals surface area contributed by atoms with E-state index in [1.807, 2.05) is 25.1 Å². The Bertz CT molecular complexity index is 766. The standard InChI is InChI=1S/C18H18Cl2N2O3/c1-2-12-4-3-5-14(8-12)25-11-18(24)21-10-17(23)22-16-9-13(19)6-7-15(16)20/h3-9H,2,10-11H2,1H3,(H,21,24)(H,22,23). The Balaban J connectivity index is 1.77. The van der Waals surface area contributed by atoms with Crippen LogP contribution in [-0.2, 0) is 16.0 Å². The molecule has 0 bridgehead atoms. The molecule has 0 atom stereocenters. The van der Waals surface area contributed by atoms with Gasteiger partial charge in [0, 0.05) is 5.02 Å². The summed E-state index contributed by atoms with van der Waals surface area (Å²) >= 11 is 11.8. The van der Waals surface area contributed by atoms with Crippen molar-refractivity contribution < 1.29 is 14.3 Å². The molecule has 0 heterocycles. The molecule has 25 heavy (non-hydrogen) atoms. The Kier molecular flexibility index (Phi) is 7.10. The number of aryl methyl sites for hydroxylation is 1. The zero-order valence-electron chi connectivity index (χ0n) is 13.6. The van der Waals surface area contributed by atoms with Gasteiger partial charge in [-0.15, -0.1) is 0 Å². The maximum absolute atomic E-state index is 11.9. The van der Waals surface area contributed by atoms with Gasteiger partial charge in [0.2, 0.25) is 5.91 Å². The molecule has 0 fully saturated rings. The number of hydrogen-bond acceptors (Lipinski definition) is 3. The summed E-state index contributed by atoms with van der Waals surface area (Å²) in [6, 6.07) is 12.2. The van der Waals surface area contributed by atoms with E-state index < -0.39 is 11.8 Å². The lowest BCUT2D eigenvalue weighted by Gasteiger charge is -2.10. The zero-order valence-corrected chi connectivity index (χ0v) is 15.2. The van der Waals surface area contributed by atoms with E-state index in [4.69, 9.17) is 27.9 Å². The molecule has 2 aromatic carbocycles. The minimum absolute atomic E-state index is 0.168. The normalized spacial score (nSPS) is 10.2. The van der Waals surface area contributed by atoms with Crippen LogP contribution in [0.5, 0.6) is 5.75 Å². The maximum Gasteiger partial charge on any atom is 0.258 e. The van der Waals surface area contributed by atoms with E-state index in [0.717, 1.165) is 12.0 Å². The van der Waals surface area contributed by atoms with Crippen LogP contribution in [0.25, 0.3) is 0 Å². The predicted octanol–water partition coefficient (Wildman–Crippen LogP) is 3.69. The van der Waals surface area contributed by atoms with Gasteiger partial charge in [-0.2, -0.15) is 0 Å². The van der Waals surface area contributed by atoms with Gasteiger partial charge in [0.1, 0.15) is 5.75 Å². The first kappa shape index (κ1) is 19.1. The SMILES string of the molecule is CCc1cccc(OCC(=O)NCC(=O)Nc2cc(Cl)ccc2Cl)c1. The fourth-order valence-corrected chi connectivity index (χ4v) is 2.36. The lowest BCUT2D eigenvalue weighted by Crippen LogP contribution is -2.35. The van der Waals surface area contributed by atoms with Crippen LogP contribution in [0, 0.1) is 0 Å². The second kappa shape index (κ2) is 9.30. The molecular formula is C18H18Cl2N2O3. The van der Waals surface area contributed by atoms with E-state index in [2.05, 4.69) is 10.6 Å². The number of anilines is 1. The van der Waals surface area contributed by atoms with Gasteiger partial charge in [-0.05, 0) is 42.3 Å². The third kappa shape index (κ3) is 6.29. The minimum Gasteiger partial charge on any atom is -0.484 e. The molecule has 5 nitrogen and oxygen atoms in total. The highest BCUT2D eigenvalue weighted by molar-refractivity contribution is 6.35. The summed E-state index contributed by atoms with van der Waals surface area (Å²) < 4.78 is 5.41. The van der Waals surface area contributed by atoms with Crippen LogP contribution >= 0.6 is 23.2 Å². The van der Waals surface area contributed by atoms with E-state index >= 15 is 0 Å². The Hall–Kier alpha value is -2.24. The number of carbonyl (C=O) groups is 2. The van der Waals surface area contributed by atoms with Gasteiger partial charge < -0.3 is 15.4 Å². The summed E-state index contributed by atoms with van der Waals surface area (Å²) in [7, 11) is 0. The van der Waals surface area contributed by atoms with Gasteiger partial charge in [-0.3, -0.25) is 9.59 Å². The Morgan fingerprint density at radius 2 is 1.88 bits per heavy atom. The fourth-order valence-electron chi connectivity index (χ4n) is 2.02. The van der Waals surface area contributed by atoms with E-state index in [0.29, 0.717) is 21.5 Å². The van der Waals surface area contributed by atoms with E-state index in [1.54, 1.807) is 18.2 Å². The van der Waals surface area contributed by atoms with Crippen molar-refractivity contribution in [2.24, 2.45) is 0 Å². The lowest BCUT2D eigenvalue weighted by atomic mass is 10.2. The van der Waals surface area contributed by atoms with Crippen LogP contribution in [0.1, 0.15) is 12.5 Å². The molecular weight excluding hydrogens is 363 g/mol. The first-order valence-electron chi connectivity index (χ1n) is 7.71. The minimum atomic E-state index is -0.412. The smallest absolute Gasteiger partial charge is 0.258 e. The van der Waals surface area contributed by atoms with Crippen molar-refractivity contribution in [3.63, 3.8) is 0 Å². The van der Waals surface area contributed by atoms with Gasteiger partial charge >= 0.3 is 0 Å². The zero-order chi connectivity index (χ0) is 18.2. The summed E-state index contributed by atoms with van der Waals surface area (Å²) in [6.07, 6.45) is 0.885. The third-order valence-corrected chi connectivity index (χ3v) is 3.89. The molecule has 0 aliphatic heterocycles. The molecule has 7 heteroatoms. The molecule has 2 N–H and O–H groups in total. The monoisotopic (exact) mass is 380 g/mol. The van der Waals surface area contributed by atoms with Gasteiger partial charge in [0.25, 0.3) is 5.91 Å². The summed E-state index contributed by atoms with van der Waals surface area (Å²) in [5.74, 6) is -0.190. The molecule has 132 valence electrons. The number of hydrogen-bond donors (Lipinski definition) is 2. The van der Waals surface area contributed by atoms with Crippen molar-refractivity contribution in [2.45, 2.75) is 13.3 Å². The second-order valence-corrected chi connectivity index (χ2v) is 6.08. The number of halogens is 2. The molecule has 0 saturated carbocycles.